The number of rotatable bonds is 7. The van der Waals surface area contributed by atoms with Gasteiger partial charge >= 0.3 is 0 Å². The molecule has 0 bridgehead atoms. The third-order valence-corrected chi connectivity index (χ3v) is 2.07. The van der Waals surface area contributed by atoms with Crippen LogP contribution in [0.1, 0.15) is 33.1 Å². The van der Waals surface area contributed by atoms with E-state index in [-0.39, 0.29) is 11.8 Å². The van der Waals surface area contributed by atoms with Crippen LogP contribution < -0.4 is 16.2 Å². The third-order valence-electron chi connectivity index (χ3n) is 2.07. The molecule has 3 N–H and O–H groups in total. The van der Waals surface area contributed by atoms with Crippen LogP contribution in [0.15, 0.2) is 0 Å². The zero-order valence-electron chi connectivity index (χ0n) is 9.29. The second-order valence-corrected chi connectivity index (χ2v) is 3.87. The standard InChI is InChI=1S/C10H20N2O3/c1-7(2)9(13)12-6-4-3-5-8(11)10(14)15/h7-8H,3-6,11H2,1-2H3,(H,12,13)(H,14,15)/p-1. The summed E-state index contributed by atoms with van der Waals surface area (Å²) in [6.07, 6.45) is 1.80. The van der Waals surface area contributed by atoms with Crippen molar-refractivity contribution in [2.24, 2.45) is 11.7 Å². The number of hydrogen-bond acceptors (Lipinski definition) is 4. The van der Waals surface area contributed by atoms with Crippen molar-refractivity contribution in [2.75, 3.05) is 6.54 Å². The maximum Gasteiger partial charge on any atom is 0.222 e. The zero-order valence-corrected chi connectivity index (χ0v) is 9.29. The van der Waals surface area contributed by atoms with E-state index in [0.717, 1.165) is 6.42 Å². The van der Waals surface area contributed by atoms with Gasteiger partial charge in [-0.15, -0.1) is 0 Å². The van der Waals surface area contributed by atoms with Gasteiger partial charge in [0, 0.05) is 18.5 Å². The Bertz CT molecular complexity index is 217. The van der Waals surface area contributed by atoms with Crippen LogP contribution in [-0.2, 0) is 9.59 Å². The third kappa shape index (κ3) is 6.90. The Morgan fingerprint density at radius 2 is 1.93 bits per heavy atom. The molecule has 0 aliphatic rings. The van der Waals surface area contributed by atoms with Gasteiger partial charge in [0.05, 0.1) is 5.97 Å². The summed E-state index contributed by atoms with van der Waals surface area (Å²) in [4.78, 5) is 21.4. The average molecular weight is 215 g/mol. The molecular weight excluding hydrogens is 196 g/mol. The fraction of sp³-hybridized carbons (Fsp3) is 0.800. The van der Waals surface area contributed by atoms with Gasteiger partial charge in [-0.05, 0) is 19.3 Å². The van der Waals surface area contributed by atoms with E-state index >= 15 is 0 Å². The van der Waals surface area contributed by atoms with E-state index in [1.807, 2.05) is 13.8 Å². The quantitative estimate of drug-likeness (QED) is 0.533. The van der Waals surface area contributed by atoms with Crippen molar-refractivity contribution in [3.05, 3.63) is 0 Å². The van der Waals surface area contributed by atoms with Gasteiger partial charge in [-0.1, -0.05) is 13.8 Å². The van der Waals surface area contributed by atoms with Crippen LogP contribution in [0.3, 0.4) is 0 Å². The number of nitrogens with two attached hydrogens (primary N) is 1. The predicted molar refractivity (Wildman–Crippen MR) is 54.7 cm³/mol. The topological polar surface area (TPSA) is 95.2 Å². The Labute approximate surface area is 90.0 Å². The smallest absolute Gasteiger partial charge is 0.222 e. The van der Waals surface area contributed by atoms with E-state index in [1.165, 1.54) is 0 Å². The molecule has 0 aliphatic heterocycles. The highest BCUT2D eigenvalue weighted by molar-refractivity contribution is 5.77. The first kappa shape index (κ1) is 13.9. The highest BCUT2D eigenvalue weighted by Gasteiger charge is 2.05. The summed E-state index contributed by atoms with van der Waals surface area (Å²) in [5.41, 5.74) is 5.26. The predicted octanol–water partition coefficient (Wildman–Crippen LogP) is -0.994. The molecule has 5 nitrogen and oxygen atoms in total. The Hall–Kier alpha value is -1.10. The lowest BCUT2D eigenvalue weighted by atomic mass is 10.1. The summed E-state index contributed by atoms with van der Waals surface area (Å²) in [5, 5.41) is 13.0. The summed E-state index contributed by atoms with van der Waals surface area (Å²) < 4.78 is 0. The number of nitrogens with one attached hydrogen (secondary N) is 1. The summed E-state index contributed by atoms with van der Waals surface area (Å²) in [5.74, 6) is -1.23. The van der Waals surface area contributed by atoms with Gasteiger partial charge in [0.25, 0.3) is 0 Å². The largest absolute Gasteiger partial charge is 0.548 e. The van der Waals surface area contributed by atoms with Gasteiger partial charge in [-0.25, -0.2) is 0 Å². The molecule has 5 heteroatoms. The van der Waals surface area contributed by atoms with Crippen molar-refractivity contribution >= 4 is 11.9 Å². The van der Waals surface area contributed by atoms with E-state index in [0.29, 0.717) is 19.4 Å². The van der Waals surface area contributed by atoms with E-state index in [1.54, 1.807) is 0 Å². The van der Waals surface area contributed by atoms with Gasteiger partial charge in [-0.3, -0.25) is 4.79 Å². The first-order valence-corrected chi connectivity index (χ1v) is 5.19. The van der Waals surface area contributed by atoms with Crippen LogP contribution in [0.2, 0.25) is 0 Å². The molecule has 0 fully saturated rings. The lowest BCUT2D eigenvalue weighted by Gasteiger charge is -2.12. The normalized spacial score (nSPS) is 12.5. The fourth-order valence-corrected chi connectivity index (χ4v) is 1.02. The number of hydrogen-bond donors (Lipinski definition) is 2. The van der Waals surface area contributed by atoms with Crippen LogP contribution >= 0.6 is 0 Å². The number of carboxylic acids is 1. The summed E-state index contributed by atoms with van der Waals surface area (Å²) in [7, 11) is 0. The molecule has 0 saturated heterocycles. The highest BCUT2D eigenvalue weighted by atomic mass is 16.4. The number of carbonyl (C=O) groups is 2. The molecule has 1 unspecified atom stereocenters. The van der Waals surface area contributed by atoms with E-state index in [2.05, 4.69) is 5.32 Å². The minimum atomic E-state index is -1.22. The maximum atomic E-state index is 11.1. The lowest BCUT2D eigenvalue weighted by molar-refractivity contribution is -0.307. The van der Waals surface area contributed by atoms with Crippen molar-refractivity contribution in [3.8, 4) is 0 Å². The summed E-state index contributed by atoms with van der Waals surface area (Å²) in [6.45, 7) is 4.21. The second-order valence-electron chi connectivity index (χ2n) is 3.87. The number of carboxylic acid groups (broad SMARTS) is 1. The lowest BCUT2D eigenvalue weighted by Crippen LogP contribution is -2.41. The molecule has 0 heterocycles. The minimum Gasteiger partial charge on any atom is -0.548 e. The van der Waals surface area contributed by atoms with Gasteiger partial charge in [0.1, 0.15) is 0 Å². The molecular formula is C10H19N2O3-. The van der Waals surface area contributed by atoms with E-state index in [4.69, 9.17) is 5.73 Å². The van der Waals surface area contributed by atoms with Gasteiger partial charge in [0.2, 0.25) is 5.91 Å². The maximum absolute atomic E-state index is 11.1. The van der Waals surface area contributed by atoms with Crippen LogP contribution in [0, 0.1) is 5.92 Å². The van der Waals surface area contributed by atoms with Crippen LogP contribution in [-0.4, -0.2) is 24.5 Å². The Morgan fingerprint density at radius 1 is 1.33 bits per heavy atom. The SMILES string of the molecule is CC(C)C(=O)NCCCCC(N)C(=O)[O-]. The van der Waals surface area contributed by atoms with E-state index < -0.39 is 12.0 Å². The highest BCUT2D eigenvalue weighted by Crippen LogP contribution is 1.98. The van der Waals surface area contributed by atoms with Gasteiger partial charge in [0.15, 0.2) is 0 Å². The summed E-state index contributed by atoms with van der Waals surface area (Å²) >= 11 is 0. The molecule has 1 atom stereocenters. The first-order valence-electron chi connectivity index (χ1n) is 5.19. The number of unbranched alkanes of at least 4 members (excludes halogenated alkanes) is 1. The molecule has 0 rings (SSSR count). The fourth-order valence-electron chi connectivity index (χ4n) is 1.02. The molecule has 0 aromatic rings. The monoisotopic (exact) mass is 215 g/mol. The molecule has 0 aromatic heterocycles. The summed E-state index contributed by atoms with van der Waals surface area (Å²) in [6, 6.07) is -0.897. The molecule has 0 aromatic carbocycles. The molecule has 1 amide bonds. The van der Waals surface area contributed by atoms with Crippen molar-refractivity contribution < 1.29 is 14.7 Å². The number of carbonyl (C=O) groups excluding carboxylic acids is 2. The molecule has 0 spiro atoms. The molecule has 0 saturated carbocycles. The van der Waals surface area contributed by atoms with Crippen molar-refractivity contribution in [1.82, 2.24) is 5.32 Å². The minimum absolute atomic E-state index is 0.0131. The first-order chi connectivity index (χ1) is 6.95. The number of aliphatic carboxylic acids is 1. The van der Waals surface area contributed by atoms with Crippen molar-refractivity contribution in [1.29, 1.82) is 0 Å². The zero-order chi connectivity index (χ0) is 11.8. The van der Waals surface area contributed by atoms with Gasteiger partial charge < -0.3 is 21.0 Å². The van der Waals surface area contributed by atoms with Crippen molar-refractivity contribution in [2.45, 2.75) is 39.2 Å². The number of amides is 1. The van der Waals surface area contributed by atoms with E-state index in [9.17, 15) is 14.7 Å². The second kappa shape index (κ2) is 7.23. The van der Waals surface area contributed by atoms with Crippen LogP contribution in [0.25, 0.3) is 0 Å². The Morgan fingerprint density at radius 3 is 2.40 bits per heavy atom. The average Bonchev–Trinajstić information content (AvgIpc) is 2.16. The molecule has 15 heavy (non-hydrogen) atoms. The molecule has 0 radical (unpaired) electrons. The van der Waals surface area contributed by atoms with Gasteiger partial charge in [-0.2, -0.15) is 0 Å². The van der Waals surface area contributed by atoms with Crippen LogP contribution in [0.4, 0.5) is 0 Å². The molecule has 0 aliphatic carbocycles. The Balaban J connectivity index is 3.40. The van der Waals surface area contributed by atoms with Crippen LogP contribution in [0.5, 0.6) is 0 Å². The molecule has 88 valence electrons. The van der Waals surface area contributed by atoms with Crippen molar-refractivity contribution in [3.63, 3.8) is 0 Å². The Kier molecular flexibility index (Phi) is 6.70.